The van der Waals surface area contributed by atoms with Crippen molar-refractivity contribution in [3.8, 4) is 0 Å². The van der Waals surface area contributed by atoms with Gasteiger partial charge >= 0.3 is 18.0 Å². The van der Waals surface area contributed by atoms with Crippen molar-refractivity contribution in [2.24, 2.45) is 11.7 Å². The maximum absolute atomic E-state index is 12.7. The number of nitrogens with one attached hydrogen (secondary N) is 4. The fraction of sp³-hybridized carbons (Fsp3) is 0.684. The minimum atomic E-state index is -1.29. The molecular weight excluding hydrogens is 426 g/mol. The molecule has 0 aromatic carbocycles. The maximum atomic E-state index is 12.7. The number of carboxylic acids is 2. The standard InChI is InChI=1S/C19H33N5O8/c1-10(2)9-14(24-16(28)12(22-11(3)25)6-7-15(26)27)17(29)23-13(18(30)31)5-4-8-21-19(20)32/h10,12-14H,4-9H2,1-3H3,(H,22,25)(H,23,29)(H,24,28)(H,26,27)(H,30,31)(H3,20,21,32)/t12-,13-,14-/m0/s1. The van der Waals surface area contributed by atoms with Crippen LogP contribution in [0, 0.1) is 5.92 Å². The van der Waals surface area contributed by atoms with Gasteiger partial charge in [-0.1, -0.05) is 13.8 Å². The number of amides is 5. The number of urea groups is 1. The van der Waals surface area contributed by atoms with Crippen molar-refractivity contribution in [1.82, 2.24) is 21.3 Å². The summed E-state index contributed by atoms with van der Waals surface area (Å²) in [4.78, 5) is 69.7. The Labute approximate surface area is 185 Å². The van der Waals surface area contributed by atoms with Crippen LogP contribution in [0.25, 0.3) is 0 Å². The minimum Gasteiger partial charge on any atom is -0.481 e. The number of primary amides is 1. The highest BCUT2D eigenvalue weighted by Crippen LogP contribution is 2.08. The summed E-state index contributed by atoms with van der Waals surface area (Å²) in [5, 5.41) is 27.7. The predicted molar refractivity (Wildman–Crippen MR) is 112 cm³/mol. The summed E-state index contributed by atoms with van der Waals surface area (Å²) in [7, 11) is 0. The van der Waals surface area contributed by atoms with Crippen molar-refractivity contribution in [2.75, 3.05) is 6.54 Å². The third kappa shape index (κ3) is 13.0. The van der Waals surface area contributed by atoms with E-state index in [0.717, 1.165) is 0 Å². The van der Waals surface area contributed by atoms with E-state index in [1.165, 1.54) is 6.92 Å². The van der Waals surface area contributed by atoms with Gasteiger partial charge in [0.25, 0.3) is 0 Å². The van der Waals surface area contributed by atoms with Gasteiger partial charge in [0.2, 0.25) is 17.7 Å². The largest absolute Gasteiger partial charge is 0.481 e. The van der Waals surface area contributed by atoms with Crippen molar-refractivity contribution in [2.45, 2.75) is 71.0 Å². The molecule has 0 aliphatic rings. The number of aliphatic carboxylic acids is 2. The first-order valence-electron chi connectivity index (χ1n) is 10.2. The summed E-state index contributed by atoms with van der Waals surface area (Å²) in [5.41, 5.74) is 4.94. The first-order chi connectivity index (χ1) is 14.8. The second kappa shape index (κ2) is 14.6. The highest BCUT2D eigenvalue weighted by Gasteiger charge is 2.29. The number of hydrogen-bond donors (Lipinski definition) is 7. The molecule has 32 heavy (non-hydrogen) atoms. The molecule has 0 aliphatic heterocycles. The molecule has 5 amide bonds. The van der Waals surface area contributed by atoms with Crippen LogP contribution in [-0.4, -0.2) is 70.6 Å². The molecule has 0 fully saturated rings. The molecule has 13 nitrogen and oxygen atoms in total. The van der Waals surface area contributed by atoms with Gasteiger partial charge in [0, 0.05) is 19.9 Å². The molecule has 0 saturated carbocycles. The normalized spacial score (nSPS) is 13.4. The van der Waals surface area contributed by atoms with Gasteiger partial charge in [-0.3, -0.25) is 19.2 Å². The van der Waals surface area contributed by atoms with Gasteiger partial charge in [0.05, 0.1) is 0 Å². The smallest absolute Gasteiger partial charge is 0.326 e. The molecule has 3 atom stereocenters. The van der Waals surface area contributed by atoms with Gasteiger partial charge in [-0.2, -0.15) is 0 Å². The van der Waals surface area contributed by atoms with E-state index in [4.69, 9.17) is 10.8 Å². The van der Waals surface area contributed by atoms with Crippen molar-refractivity contribution in [3.05, 3.63) is 0 Å². The van der Waals surface area contributed by atoms with Crippen LogP contribution in [0.4, 0.5) is 4.79 Å². The molecule has 0 aliphatic carbocycles. The number of rotatable bonds is 15. The topological polar surface area (TPSA) is 217 Å². The molecule has 0 unspecified atom stereocenters. The Morgan fingerprint density at radius 3 is 1.88 bits per heavy atom. The first kappa shape index (κ1) is 28.6. The molecule has 0 rings (SSSR count). The second-order valence-corrected chi connectivity index (χ2v) is 7.71. The Morgan fingerprint density at radius 1 is 0.844 bits per heavy atom. The highest BCUT2D eigenvalue weighted by molar-refractivity contribution is 5.93. The fourth-order valence-corrected chi connectivity index (χ4v) is 2.80. The third-order valence-corrected chi connectivity index (χ3v) is 4.26. The maximum Gasteiger partial charge on any atom is 0.326 e. The average molecular weight is 460 g/mol. The number of carbonyl (C=O) groups excluding carboxylic acids is 4. The number of nitrogens with two attached hydrogens (primary N) is 1. The molecule has 0 heterocycles. The number of carboxylic acid groups (broad SMARTS) is 2. The van der Waals surface area contributed by atoms with Crippen LogP contribution in [0.2, 0.25) is 0 Å². The van der Waals surface area contributed by atoms with Crippen molar-refractivity contribution < 1.29 is 39.0 Å². The molecule has 0 spiro atoms. The molecule has 8 N–H and O–H groups in total. The molecule has 0 radical (unpaired) electrons. The Balaban J connectivity index is 5.24. The van der Waals surface area contributed by atoms with E-state index in [-0.39, 0.29) is 44.6 Å². The van der Waals surface area contributed by atoms with E-state index >= 15 is 0 Å². The molecular formula is C19H33N5O8. The molecule has 13 heteroatoms. The van der Waals surface area contributed by atoms with Gasteiger partial charge < -0.3 is 37.2 Å². The molecule has 0 aromatic heterocycles. The predicted octanol–water partition coefficient (Wildman–Crippen LogP) is -1.10. The van der Waals surface area contributed by atoms with E-state index in [0.29, 0.717) is 0 Å². The lowest BCUT2D eigenvalue weighted by molar-refractivity contribution is -0.142. The molecule has 0 bridgehead atoms. The van der Waals surface area contributed by atoms with Gasteiger partial charge in [-0.15, -0.1) is 0 Å². The van der Waals surface area contributed by atoms with Crippen LogP contribution >= 0.6 is 0 Å². The molecule has 182 valence electrons. The number of hydrogen-bond acceptors (Lipinski definition) is 6. The SMILES string of the molecule is CC(=O)N[C@@H](CCC(=O)O)C(=O)N[C@@H](CC(C)C)C(=O)N[C@@H](CCCNC(N)=O)C(=O)O. The third-order valence-electron chi connectivity index (χ3n) is 4.26. The highest BCUT2D eigenvalue weighted by atomic mass is 16.4. The Hall–Kier alpha value is -3.38. The average Bonchev–Trinajstić information content (AvgIpc) is 2.65. The van der Waals surface area contributed by atoms with E-state index in [9.17, 15) is 33.9 Å². The summed E-state index contributed by atoms with van der Waals surface area (Å²) in [6.45, 7) is 4.89. The van der Waals surface area contributed by atoms with Crippen molar-refractivity contribution in [3.63, 3.8) is 0 Å². The summed E-state index contributed by atoms with van der Waals surface area (Å²) < 4.78 is 0. The summed E-state index contributed by atoms with van der Waals surface area (Å²) >= 11 is 0. The monoisotopic (exact) mass is 459 g/mol. The van der Waals surface area contributed by atoms with Gasteiger partial charge in [-0.05, 0) is 31.6 Å². The zero-order valence-electron chi connectivity index (χ0n) is 18.5. The lowest BCUT2D eigenvalue weighted by Gasteiger charge is -2.25. The molecule has 0 saturated heterocycles. The summed E-state index contributed by atoms with van der Waals surface area (Å²) in [5.74, 6) is -4.52. The van der Waals surface area contributed by atoms with E-state index < -0.39 is 53.8 Å². The summed E-state index contributed by atoms with van der Waals surface area (Å²) in [6.07, 6.45) is -0.127. The lowest BCUT2D eigenvalue weighted by Crippen LogP contribution is -2.56. The van der Waals surface area contributed by atoms with Crippen LogP contribution < -0.4 is 27.0 Å². The van der Waals surface area contributed by atoms with Gasteiger partial charge in [0.15, 0.2) is 0 Å². The van der Waals surface area contributed by atoms with Crippen LogP contribution in [-0.2, 0) is 24.0 Å². The Morgan fingerprint density at radius 2 is 1.41 bits per heavy atom. The van der Waals surface area contributed by atoms with E-state index in [1.54, 1.807) is 13.8 Å². The van der Waals surface area contributed by atoms with Crippen molar-refractivity contribution in [1.29, 1.82) is 0 Å². The molecule has 0 aromatic rings. The van der Waals surface area contributed by atoms with Gasteiger partial charge in [0.1, 0.15) is 18.1 Å². The Bertz CT molecular complexity index is 697. The quantitative estimate of drug-likeness (QED) is 0.149. The van der Waals surface area contributed by atoms with Crippen molar-refractivity contribution >= 4 is 35.7 Å². The fourth-order valence-electron chi connectivity index (χ4n) is 2.80. The van der Waals surface area contributed by atoms with Gasteiger partial charge in [-0.25, -0.2) is 9.59 Å². The van der Waals surface area contributed by atoms with E-state index in [2.05, 4.69) is 21.3 Å². The second-order valence-electron chi connectivity index (χ2n) is 7.71. The first-order valence-corrected chi connectivity index (χ1v) is 10.2. The van der Waals surface area contributed by atoms with Crippen LogP contribution in [0.15, 0.2) is 0 Å². The van der Waals surface area contributed by atoms with Crippen LogP contribution in [0.3, 0.4) is 0 Å². The minimum absolute atomic E-state index is 0.0107. The lowest BCUT2D eigenvalue weighted by atomic mass is 10.0. The van der Waals surface area contributed by atoms with E-state index in [1.807, 2.05) is 0 Å². The Kier molecular flexibility index (Phi) is 13.1. The zero-order valence-corrected chi connectivity index (χ0v) is 18.5. The van der Waals surface area contributed by atoms with Crippen LogP contribution in [0.5, 0.6) is 0 Å². The zero-order chi connectivity index (χ0) is 24.8. The number of carbonyl (C=O) groups is 6. The summed E-state index contributed by atoms with van der Waals surface area (Å²) in [6, 6.07) is -4.28. The van der Waals surface area contributed by atoms with Crippen LogP contribution in [0.1, 0.15) is 52.9 Å².